The molecule has 0 fully saturated rings. The molecule has 0 N–H and O–H groups in total. The molecular formula is C22H18O6. The molecule has 0 spiro atoms. The van der Waals surface area contributed by atoms with Crippen LogP contribution in [0.1, 0.15) is 13.8 Å². The van der Waals surface area contributed by atoms with E-state index in [1.807, 2.05) is 30.3 Å². The number of fused-ring (bicyclic) bond motifs is 2. The number of esters is 1. The molecule has 2 aromatic carbocycles. The molecule has 142 valence electrons. The van der Waals surface area contributed by atoms with Gasteiger partial charge >= 0.3 is 11.6 Å². The van der Waals surface area contributed by atoms with E-state index in [-0.39, 0.29) is 6.61 Å². The van der Waals surface area contributed by atoms with Gasteiger partial charge in [-0.25, -0.2) is 9.59 Å². The minimum atomic E-state index is -0.761. The van der Waals surface area contributed by atoms with E-state index in [1.54, 1.807) is 32.0 Å². The van der Waals surface area contributed by atoms with Crippen molar-refractivity contribution in [1.82, 2.24) is 0 Å². The first-order chi connectivity index (χ1) is 13.5. The molecule has 0 amide bonds. The maximum absolute atomic E-state index is 12.0. The second-order valence-corrected chi connectivity index (χ2v) is 6.30. The number of furan rings is 1. The molecule has 0 radical (unpaired) electrons. The predicted molar refractivity (Wildman–Crippen MR) is 104 cm³/mol. The summed E-state index contributed by atoms with van der Waals surface area (Å²) in [6.45, 7) is 3.64. The molecule has 4 aromatic rings. The van der Waals surface area contributed by atoms with Gasteiger partial charge in [0.25, 0.3) is 0 Å². The van der Waals surface area contributed by atoms with Gasteiger partial charge in [0.1, 0.15) is 22.7 Å². The number of hydrogen-bond acceptors (Lipinski definition) is 6. The number of carbonyl (C=O) groups excluding carboxylic acids is 1. The number of rotatable bonds is 5. The van der Waals surface area contributed by atoms with Crippen LogP contribution in [0.15, 0.2) is 68.2 Å². The average molecular weight is 378 g/mol. The standard InChI is InChI=1S/C22H18O6/c1-3-25-22(24)13(2)26-15-8-9-19-16(11-15)17(12-21(23)28-19)20-10-14-6-4-5-7-18(14)27-20/h4-13H,3H2,1-2H3/t13-/m1/s1. The molecule has 2 heterocycles. The molecule has 2 aromatic heterocycles. The minimum absolute atomic E-state index is 0.283. The van der Waals surface area contributed by atoms with Crippen LogP contribution >= 0.6 is 0 Å². The summed E-state index contributed by atoms with van der Waals surface area (Å²) in [5.74, 6) is 0.564. The van der Waals surface area contributed by atoms with Crippen molar-refractivity contribution in [3.05, 3.63) is 65.0 Å². The monoisotopic (exact) mass is 378 g/mol. The van der Waals surface area contributed by atoms with E-state index in [9.17, 15) is 9.59 Å². The summed E-state index contributed by atoms with van der Waals surface area (Å²) >= 11 is 0. The Bertz CT molecular complexity index is 1180. The van der Waals surface area contributed by atoms with Gasteiger partial charge in [-0.1, -0.05) is 18.2 Å². The summed E-state index contributed by atoms with van der Waals surface area (Å²) < 4.78 is 21.9. The van der Waals surface area contributed by atoms with Crippen molar-refractivity contribution in [3.63, 3.8) is 0 Å². The van der Waals surface area contributed by atoms with E-state index in [0.717, 1.165) is 11.0 Å². The zero-order valence-electron chi connectivity index (χ0n) is 15.4. The van der Waals surface area contributed by atoms with Crippen LogP contribution in [0.2, 0.25) is 0 Å². The van der Waals surface area contributed by atoms with Gasteiger partial charge in [-0.15, -0.1) is 0 Å². The Kier molecular flexibility index (Phi) is 4.61. The highest BCUT2D eigenvalue weighted by molar-refractivity contribution is 5.95. The number of carbonyl (C=O) groups is 1. The summed E-state index contributed by atoms with van der Waals surface area (Å²) in [4.78, 5) is 23.8. The fraction of sp³-hybridized carbons (Fsp3) is 0.182. The fourth-order valence-electron chi connectivity index (χ4n) is 3.05. The molecule has 6 nitrogen and oxygen atoms in total. The maximum atomic E-state index is 12.0. The molecule has 0 aliphatic heterocycles. The highest BCUT2D eigenvalue weighted by Gasteiger charge is 2.18. The topological polar surface area (TPSA) is 78.9 Å². The fourth-order valence-corrected chi connectivity index (χ4v) is 3.05. The van der Waals surface area contributed by atoms with Crippen molar-refractivity contribution in [2.45, 2.75) is 20.0 Å². The molecule has 0 unspecified atom stereocenters. The lowest BCUT2D eigenvalue weighted by Gasteiger charge is -2.14. The van der Waals surface area contributed by atoms with E-state index in [0.29, 0.717) is 28.0 Å². The average Bonchev–Trinajstić information content (AvgIpc) is 3.11. The highest BCUT2D eigenvalue weighted by Crippen LogP contribution is 2.33. The molecule has 0 aliphatic rings. The second-order valence-electron chi connectivity index (χ2n) is 6.30. The zero-order chi connectivity index (χ0) is 19.7. The Morgan fingerprint density at radius 1 is 1.04 bits per heavy atom. The summed E-state index contributed by atoms with van der Waals surface area (Å²) in [5.41, 5.74) is 1.24. The smallest absolute Gasteiger partial charge is 0.347 e. The second kappa shape index (κ2) is 7.23. The normalized spacial score (nSPS) is 12.2. The zero-order valence-corrected chi connectivity index (χ0v) is 15.4. The van der Waals surface area contributed by atoms with Crippen molar-refractivity contribution in [2.75, 3.05) is 6.61 Å². The molecule has 0 saturated carbocycles. The summed E-state index contributed by atoms with van der Waals surface area (Å²) in [5, 5.41) is 1.58. The first-order valence-corrected chi connectivity index (χ1v) is 8.95. The van der Waals surface area contributed by atoms with E-state index >= 15 is 0 Å². The van der Waals surface area contributed by atoms with Crippen LogP contribution < -0.4 is 10.4 Å². The molecule has 28 heavy (non-hydrogen) atoms. The van der Waals surface area contributed by atoms with Crippen molar-refractivity contribution < 1.29 is 23.1 Å². The Hall–Kier alpha value is -3.54. The van der Waals surface area contributed by atoms with Gasteiger partial charge in [-0.05, 0) is 44.2 Å². The molecule has 0 aliphatic carbocycles. The SMILES string of the molecule is CCOC(=O)[C@@H](C)Oc1ccc2oc(=O)cc(-c3cc4ccccc4o3)c2c1. The first kappa shape index (κ1) is 17.9. The van der Waals surface area contributed by atoms with Crippen molar-refractivity contribution >= 4 is 27.9 Å². The predicted octanol–water partition coefficient (Wildman–Crippen LogP) is 4.54. The lowest BCUT2D eigenvalue weighted by Crippen LogP contribution is -2.26. The largest absolute Gasteiger partial charge is 0.479 e. The summed E-state index contributed by atoms with van der Waals surface area (Å²) in [6.07, 6.45) is -0.761. The quantitative estimate of drug-likeness (QED) is 0.375. The number of ether oxygens (including phenoxy) is 2. The van der Waals surface area contributed by atoms with Crippen molar-refractivity contribution in [2.24, 2.45) is 0 Å². The molecule has 4 rings (SSSR count). The molecule has 0 bridgehead atoms. The molecule has 6 heteroatoms. The van der Waals surface area contributed by atoms with Crippen LogP contribution in [0.4, 0.5) is 0 Å². The third-order valence-electron chi connectivity index (χ3n) is 4.34. The van der Waals surface area contributed by atoms with Crippen LogP contribution in [-0.2, 0) is 9.53 Å². The van der Waals surface area contributed by atoms with E-state index in [1.165, 1.54) is 6.07 Å². The van der Waals surface area contributed by atoms with Crippen molar-refractivity contribution in [1.29, 1.82) is 0 Å². The van der Waals surface area contributed by atoms with Gasteiger partial charge in [0.15, 0.2) is 6.10 Å². The summed E-state index contributed by atoms with van der Waals surface area (Å²) in [7, 11) is 0. The third kappa shape index (κ3) is 3.36. The van der Waals surface area contributed by atoms with Gasteiger partial charge in [-0.3, -0.25) is 0 Å². The van der Waals surface area contributed by atoms with Crippen LogP contribution in [0.5, 0.6) is 5.75 Å². The van der Waals surface area contributed by atoms with Crippen molar-refractivity contribution in [3.8, 4) is 17.1 Å². The first-order valence-electron chi connectivity index (χ1n) is 8.95. The maximum Gasteiger partial charge on any atom is 0.347 e. The van der Waals surface area contributed by atoms with E-state index in [2.05, 4.69) is 0 Å². The summed E-state index contributed by atoms with van der Waals surface area (Å²) in [6, 6.07) is 15.9. The van der Waals surface area contributed by atoms with Gasteiger partial charge in [0, 0.05) is 22.4 Å². The van der Waals surface area contributed by atoms with E-state index < -0.39 is 17.7 Å². The minimum Gasteiger partial charge on any atom is -0.479 e. The number of benzene rings is 2. The Morgan fingerprint density at radius 2 is 1.86 bits per heavy atom. The van der Waals surface area contributed by atoms with Crippen LogP contribution in [-0.4, -0.2) is 18.7 Å². The Morgan fingerprint density at radius 3 is 2.64 bits per heavy atom. The molecule has 1 atom stereocenters. The number of hydrogen-bond donors (Lipinski definition) is 0. The lowest BCUT2D eigenvalue weighted by molar-refractivity contribution is -0.150. The lowest BCUT2D eigenvalue weighted by atomic mass is 10.1. The van der Waals surface area contributed by atoms with Crippen LogP contribution in [0.3, 0.4) is 0 Å². The van der Waals surface area contributed by atoms with Gasteiger partial charge < -0.3 is 18.3 Å². The van der Waals surface area contributed by atoms with Crippen LogP contribution in [0, 0.1) is 0 Å². The van der Waals surface area contributed by atoms with Crippen LogP contribution in [0.25, 0.3) is 33.3 Å². The molecule has 0 saturated heterocycles. The molecular weight excluding hydrogens is 360 g/mol. The third-order valence-corrected chi connectivity index (χ3v) is 4.34. The van der Waals surface area contributed by atoms with Gasteiger partial charge in [-0.2, -0.15) is 0 Å². The Labute approximate surface area is 160 Å². The van der Waals surface area contributed by atoms with Gasteiger partial charge in [0.05, 0.1) is 6.61 Å². The van der Waals surface area contributed by atoms with E-state index in [4.69, 9.17) is 18.3 Å². The van der Waals surface area contributed by atoms with Gasteiger partial charge in [0.2, 0.25) is 0 Å². The number of para-hydroxylation sites is 1. The highest BCUT2D eigenvalue weighted by atomic mass is 16.6. The Balaban J connectivity index is 1.79.